The molecule has 2 N–H and O–H groups in total. The van der Waals surface area contributed by atoms with E-state index >= 15 is 0 Å². The molecule has 98 valence electrons. The third kappa shape index (κ3) is 3.81. The van der Waals surface area contributed by atoms with Crippen LogP contribution in [0.1, 0.15) is 29.8 Å². The summed E-state index contributed by atoms with van der Waals surface area (Å²) in [5, 5.41) is 0. The van der Waals surface area contributed by atoms with Gasteiger partial charge in [0.1, 0.15) is 0 Å². The number of hydrogen-bond acceptors (Lipinski definition) is 2. The number of benzene rings is 1. The van der Waals surface area contributed by atoms with Crippen molar-refractivity contribution in [3.8, 4) is 0 Å². The maximum atomic E-state index is 12.3. The number of rotatable bonds is 5. The molecule has 1 atom stereocenters. The van der Waals surface area contributed by atoms with Crippen molar-refractivity contribution in [2.75, 3.05) is 13.1 Å². The standard InChI is InChI=1S/C14H20N2OS/c1-4-16(9-11(3)13(15)18)14(17)12-7-5-10(2)6-8-12/h5-8,11H,4,9H2,1-3H3,(H2,15,18). The predicted molar refractivity (Wildman–Crippen MR) is 78.7 cm³/mol. The third-order valence-corrected chi connectivity index (χ3v) is 3.35. The SMILES string of the molecule is CCN(CC(C)C(N)=S)C(=O)c1ccc(C)cc1. The average molecular weight is 264 g/mol. The van der Waals surface area contributed by atoms with E-state index in [1.165, 1.54) is 0 Å². The van der Waals surface area contributed by atoms with Gasteiger partial charge in [-0.25, -0.2) is 0 Å². The Balaban J connectivity index is 2.79. The molecule has 0 saturated carbocycles. The summed E-state index contributed by atoms with van der Waals surface area (Å²) in [5.41, 5.74) is 7.44. The number of thiocarbonyl (C=S) groups is 1. The summed E-state index contributed by atoms with van der Waals surface area (Å²) in [7, 11) is 0. The first-order valence-corrected chi connectivity index (χ1v) is 6.51. The zero-order valence-corrected chi connectivity index (χ0v) is 12.0. The molecule has 18 heavy (non-hydrogen) atoms. The molecule has 0 saturated heterocycles. The molecule has 0 spiro atoms. The second-order valence-electron chi connectivity index (χ2n) is 4.51. The first kappa shape index (κ1) is 14.6. The molecule has 1 unspecified atom stereocenters. The summed E-state index contributed by atoms with van der Waals surface area (Å²) >= 11 is 4.94. The molecule has 1 aromatic rings. The van der Waals surface area contributed by atoms with Crippen molar-refractivity contribution in [2.24, 2.45) is 11.7 Å². The van der Waals surface area contributed by atoms with Gasteiger partial charge in [-0.1, -0.05) is 36.8 Å². The highest BCUT2D eigenvalue weighted by atomic mass is 32.1. The number of nitrogens with two attached hydrogens (primary N) is 1. The number of amides is 1. The normalized spacial score (nSPS) is 11.9. The quantitative estimate of drug-likeness (QED) is 0.831. The van der Waals surface area contributed by atoms with Crippen LogP contribution in [-0.4, -0.2) is 28.9 Å². The minimum Gasteiger partial charge on any atom is -0.393 e. The van der Waals surface area contributed by atoms with Crippen molar-refractivity contribution in [1.82, 2.24) is 4.90 Å². The van der Waals surface area contributed by atoms with Gasteiger partial charge < -0.3 is 10.6 Å². The second kappa shape index (κ2) is 6.50. The molecule has 0 aliphatic rings. The van der Waals surface area contributed by atoms with Crippen molar-refractivity contribution >= 4 is 23.1 Å². The van der Waals surface area contributed by atoms with E-state index in [-0.39, 0.29) is 11.8 Å². The van der Waals surface area contributed by atoms with Crippen LogP contribution >= 0.6 is 12.2 Å². The van der Waals surface area contributed by atoms with Crippen LogP contribution in [0.3, 0.4) is 0 Å². The summed E-state index contributed by atoms with van der Waals surface area (Å²) in [6.07, 6.45) is 0. The number of carbonyl (C=O) groups excluding carboxylic acids is 1. The van der Waals surface area contributed by atoms with Crippen molar-refractivity contribution in [3.63, 3.8) is 0 Å². The molecule has 0 radical (unpaired) electrons. The Bertz CT molecular complexity index is 428. The summed E-state index contributed by atoms with van der Waals surface area (Å²) in [6.45, 7) is 7.12. The monoisotopic (exact) mass is 264 g/mol. The van der Waals surface area contributed by atoms with Crippen LogP contribution in [0.5, 0.6) is 0 Å². The van der Waals surface area contributed by atoms with Crippen LogP contribution < -0.4 is 5.73 Å². The van der Waals surface area contributed by atoms with Gasteiger partial charge in [-0.15, -0.1) is 0 Å². The highest BCUT2D eigenvalue weighted by molar-refractivity contribution is 7.80. The molecule has 0 heterocycles. The zero-order valence-electron chi connectivity index (χ0n) is 11.1. The van der Waals surface area contributed by atoms with E-state index in [9.17, 15) is 4.79 Å². The van der Waals surface area contributed by atoms with Crippen molar-refractivity contribution in [1.29, 1.82) is 0 Å². The second-order valence-corrected chi connectivity index (χ2v) is 4.98. The first-order chi connectivity index (χ1) is 8.45. The summed E-state index contributed by atoms with van der Waals surface area (Å²) in [6, 6.07) is 7.59. The lowest BCUT2D eigenvalue weighted by molar-refractivity contribution is 0.0755. The van der Waals surface area contributed by atoms with E-state index in [1.54, 1.807) is 4.90 Å². The highest BCUT2D eigenvalue weighted by Gasteiger charge is 2.17. The Morgan fingerprint density at radius 1 is 1.39 bits per heavy atom. The van der Waals surface area contributed by atoms with E-state index in [4.69, 9.17) is 18.0 Å². The van der Waals surface area contributed by atoms with Crippen LogP contribution in [0, 0.1) is 12.8 Å². The maximum absolute atomic E-state index is 12.3. The summed E-state index contributed by atoms with van der Waals surface area (Å²) in [5.74, 6) is 0.0648. The Hall–Kier alpha value is -1.42. The molecule has 0 aliphatic heterocycles. The average Bonchev–Trinajstić information content (AvgIpc) is 2.35. The summed E-state index contributed by atoms with van der Waals surface area (Å²) < 4.78 is 0. The van der Waals surface area contributed by atoms with Gasteiger partial charge >= 0.3 is 0 Å². The van der Waals surface area contributed by atoms with Crippen LogP contribution in [0.25, 0.3) is 0 Å². The van der Waals surface area contributed by atoms with Gasteiger partial charge in [0, 0.05) is 24.6 Å². The molecule has 3 nitrogen and oxygen atoms in total. The lowest BCUT2D eigenvalue weighted by Gasteiger charge is -2.24. The fourth-order valence-electron chi connectivity index (χ4n) is 1.65. The van der Waals surface area contributed by atoms with Crippen molar-refractivity contribution in [3.05, 3.63) is 35.4 Å². The largest absolute Gasteiger partial charge is 0.393 e. The van der Waals surface area contributed by atoms with E-state index in [0.29, 0.717) is 23.6 Å². The lowest BCUT2D eigenvalue weighted by atomic mass is 10.1. The summed E-state index contributed by atoms with van der Waals surface area (Å²) in [4.78, 5) is 14.5. The van der Waals surface area contributed by atoms with E-state index in [1.807, 2.05) is 45.0 Å². The number of carbonyl (C=O) groups is 1. The van der Waals surface area contributed by atoms with Crippen LogP contribution in [0.15, 0.2) is 24.3 Å². The molecule has 0 bridgehead atoms. The molecule has 0 aromatic heterocycles. The van der Waals surface area contributed by atoms with Gasteiger partial charge in [-0.2, -0.15) is 0 Å². The molecular weight excluding hydrogens is 244 g/mol. The predicted octanol–water partition coefficient (Wildman–Crippen LogP) is 2.38. The first-order valence-electron chi connectivity index (χ1n) is 6.11. The van der Waals surface area contributed by atoms with Gasteiger partial charge in [0.15, 0.2) is 0 Å². The van der Waals surface area contributed by atoms with Crippen LogP contribution in [0.2, 0.25) is 0 Å². The molecule has 0 aliphatic carbocycles. The van der Waals surface area contributed by atoms with E-state index in [2.05, 4.69) is 0 Å². The zero-order chi connectivity index (χ0) is 13.7. The third-order valence-electron chi connectivity index (χ3n) is 2.95. The molecular formula is C14H20N2OS. The number of nitrogens with zero attached hydrogens (tertiary/aromatic N) is 1. The number of aryl methyl sites for hydroxylation is 1. The van der Waals surface area contributed by atoms with Gasteiger partial charge in [0.25, 0.3) is 5.91 Å². The van der Waals surface area contributed by atoms with Gasteiger partial charge in [0.2, 0.25) is 0 Å². The Kier molecular flexibility index (Phi) is 5.28. The van der Waals surface area contributed by atoms with E-state index < -0.39 is 0 Å². The Labute approximate surface area is 114 Å². The fourth-order valence-corrected chi connectivity index (χ4v) is 1.73. The smallest absolute Gasteiger partial charge is 0.253 e. The fraction of sp³-hybridized carbons (Fsp3) is 0.429. The Morgan fingerprint density at radius 3 is 2.39 bits per heavy atom. The maximum Gasteiger partial charge on any atom is 0.253 e. The lowest BCUT2D eigenvalue weighted by Crippen LogP contribution is -2.38. The molecule has 4 heteroatoms. The Morgan fingerprint density at radius 2 is 1.94 bits per heavy atom. The molecule has 1 rings (SSSR count). The van der Waals surface area contributed by atoms with Crippen molar-refractivity contribution in [2.45, 2.75) is 20.8 Å². The van der Waals surface area contributed by atoms with E-state index in [0.717, 1.165) is 5.56 Å². The number of hydrogen-bond donors (Lipinski definition) is 1. The van der Waals surface area contributed by atoms with Crippen molar-refractivity contribution < 1.29 is 4.79 Å². The van der Waals surface area contributed by atoms with Crippen LogP contribution in [0.4, 0.5) is 0 Å². The minimum absolute atomic E-state index is 0.0283. The molecule has 1 amide bonds. The van der Waals surface area contributed by atoms with Gasteiger partial charge in [0.05, 0.1) is 4.99 Å². The van der Waals surface area contributed by atoms with Gasteiger partial charge in [-0.3, -0.25) is 4.79 Å². The molecule has 0 fully saturated rings. The van der Waals surface area contributed by atoms with Crippen LogP contribution in [-0.2, 0) is 0 Å². The minimum atomic E-state index is 0.0283. The molecule has 1 aromatic carbocycles. The topological polar surface area (TPSA) is 46.3 Å². The highest BCUT2D eigenvalue weighted by Crippen LogP contribution is 2.09. The van der Waals surface area contributed by atoms with Gasteiger partial charge in [-0.05, 0) is 26.0 Å².